The third kappa shape index (κ3) is 4.86. The predicted molar refractivity (Wildman–Crippen MR) is 71.0 cm³/mol. The molecular weight excluding hydrogens is 285 g/mol. The van der Waals surface area contributed by atoms with Crippen LogP contribution in [-0.2, 0) is 0 Å². The zero-order chi connectivity index (χ0) is 12.8. The number of benzene rings is 1. The van der Waals surface area contributed by atoms with Gasteiger partial charge in [0.25, 0.3) is 5.91 Å². The second-order valence-corrected chi connectivity index (χ2v) is 5.10. The molecule has 0 saturated heterocycles. The Kier molecular flexibility index (Phi) is 5.62. The van der Waals surface area contributed by atoms with Gasteiger partial charge in [-0.1, -0.05) is 22.9 Å². The molecule has 0 aliphatic carbocycles. The van der Waals surface area contributed by atoms with E-state index in [4.69, 9.17) is 0 Å². The number of amides is 1. The maximum absolute atomic E-state index is 13.1. The molecule has 17 heavy (non-hydrogen) atoms. The van der Waals surface area contributed by atoms with Gasteiger partial charge in [-0.25, -0.2) is 4.39 Å². The molecule has 0 spiro atoms. The van der Waals surface area contributed by atoms with E-state index in [1.54, 1.807) is 13.0 Å². The minimum Gasteiger partial charge on any atom is -0.352 e. The largest absolute Gasteiger partial charge is 0.352 e. The van der Waals surface area contributed by atoms with E-state index in [9.17, 15) is 9.18 Å². The Morgan fingerprint density at radius 1 is 1.47 bits per heavy atom. The molecule has 0 heterocycles. The highest BCUT2D eigenvalue weighted by Crippen LogP contribution is 2.09. The first kappa shape index (κ1) is 14.2. The molecule has 0 aliphatic rings. The van der Waals surface area contributed by atoms with Gasteiger partial charge < -0.3 is 5.32 Å². The Morgan fingerprint density at radius 3 is 2.76 bits per heavy atom. The van der Waals surface area contributed by atoms with Gasteiger partial charge in [0, 0.05) is 17.4 Å². The fourth-order valence-corrected chi connectivity index (χ4v) is 2.31. The van der Waals surface area contributed by atoms with Crippen molar-refractivity contribution in [3.63, 3.8) is 0 Å². The lowest BCUT2D eigenvalue weighted by Gasteiger charge is -2.11. The van der Waals surface area contributed by atoms with E-state index in [1.165, 1.54) is 12.1 Å². The molecule has 4 heteroatoms. The van der Waals surface area contributed by atoms with E-state index in [1.807, 2.05) is 0 Å². The van der Waals surface area contributed by atoms with Crippen LogP contribution in [0.4, 0.5) is 4.39 Å². The smallest absolute Gasteiger partial charge is 0.251 e. The van der Waals surface area contributed by atoms with Crippen molar-refractivity contribution in [1.29, 1.82) is 0 Å². The molecule has 1 amide bonds. The molecule has 94 valence electrons. The summed E-state index contributed by atoms with van der Waals surface area (Å²) in [6, 6.07) is 4.36. The number of aryl methyl sites for hydroxylation is 1. The summed E-state index contributed by atoms with van der Waals surface area (Å²) in [4.78, 5) is 11.8. The van der Waals surface area contributed by atoms with Gasteiger partial charge in [-0.3, -0.25) is 4.79 Å². The quantitative estimate of drug-likeness (QED) is 0.831. The standard InChI is InChI=1S/C13H17BrFNO/c1-9(3-4-14)8-16-13(17)11-5-10(2)6-12(15)7-11/h5-7,9H,3-4,8H2,1-2H3,(H,16,17). The fraction of sp³-hybridized carbons (Fsp3) is 0.462. The van der Waals surface area contributed by atoms with Crippen molar-refractivity contribution in [3.8, 4) is 0 Å². The van der Waals surface area contributed by atoms with E-state index in [0.29, 0.717) is 18.0 Å². The van der Waals surface area contributed by atoms with Crippen LogP contribution < -0.4 is 5.32 Å². The molecule has 0 saturated carbocycles. The van der Waals surface area contributed by atoms with Gasteiger partial charge in [0.15, 0.2) is 0 Å². The molecular formula is C13H17BrFNO. The minimum atomic E-state index is -0.372. The number of nitrogens with one attached hydrogen (secondary N) is 1. The first-order valence-electron chi connectivity index (χ1n) is 5.64. The molecule has 1 unspecified atom stereocenters. The summed E-state index contributed by atoms with van der Waals surface area (Å²) in [6.45, 7) is 4.45. The van der Waals surface area contributed by atoms with Crippen LogP contribution in [0.25, 0.3) is 0 Å². The number of carbonyl (C=O) groups is 1. The molecule has 1 aromatic rings. The van der Waals surface area contributed by atoms with Crippen molar-refractivity contribution >= 4 is 21.8 Å². The molecule has 1 N–H and O–H groups in total. The van der Waals surface area contributed by atoms with Crippen molar-refractivity contribution in [2.45, 2.75) is 20.3 Å². The van der Waals surface area contributed by atoms with E-state index >= 15 is 0 Å². The van der Waals surface area contributed by atoms with E-state index in [2.05, 4.69) is 28.2 Å². The Balaban J connectivity index is 2.58. The Labute approximate surface area is 110 Å². The predicted octanol–water partition coefficient (Wildman–Crippen LogP) is 3.29. The summed E-state index contributed by atoms with van der Waals surface area (Å²) in [5, 5.41) is 3.73. The average Bonchev–Trinajstić information content (AvgIpc) is 2.25. The SMILES string of the molecule is Cc1cc(F)cc(C(=O)NCC(C)CCBr)c1. The summed E-state index contributed by atoms with van der Waals surface area (Å²) in [5.74, 6) is -0.175. The molecule has 1 rings (SSSR count). The normalized spacial score (nSPS) is 12.2. The zero-order valence-electron chi connectivity index (χ0n) is 10.1. The molecule has 0 bridgehead atoms. The van der Waals surface area contributed by atoms with Crippen molar-refractivity contribution in [1.82, 2.24) is 5.32 Å². The van der Waals surface area contributed by atoms with E-state index in [0.717, 1.165) is 17.3 Å². The number of halogens is 2. The van der Waals surface area contributed by atoms with Gasteiger partial charge in [0.05, 0.1) is 0 Å². The summed E-state index contributed by atoms with van der Waals surface area (Å²) >= 11 is 3.36. The highest BCUT2D eigenvalue weighted by atomic mass is 79.9. The first-order chi connectivity index (χ1) is 8.02. The van der Waals surface area contributed by atoms with Crippen LogP contribution in [0.1, 0.15) is 29.3 Å². The highest BCUT2D eigenvalue weighted by molar-refractivity contribution is 9.09. The van der Waals surface area contributed by atoms with Crippen molar-refractivity contribution in [3.05, 3.63) is 35.1 Å². The second-order valence-electron chi connectivity index (χ2n) is 4.31. The van der Waals surface area contributed by atoms with Gasteiger partial charge in [-0.2, -0.15) is 0 Å². The van der Waals surface area contributed by atoms with Gasteiger partial charge in [0.2, 0.25) is 0 Å². The monoisotopic (exact) mass is 301 g/mol. The van der Waals surface area contributed by atoms with Crippen LogP contribution in [0.15, 0.2) is 18.2 Å². The van der Waals surface area contributed by atoms with Gasteiger partial charge in [-0.15, -0.1) is 0 Å². The molecule has 0 fully saturated rings. The first-order valence-corrected chi connectivity index (χ1v) is 6.76. The maximum atomic E-state index is 13.1. The molecule has 1 aromatic carbocycles. The molecule has 0 radical (unpaired) electrons. The number of alkyl halides is 1. The van der Waals surface area contributed by atoms with Gasteiger partial charge >= 0.3 is 0 Å². The minimum absolute atomic E-state index is 0.214. The van der Waals surface area contributed by atoms with Gasteiger partial charge in [-0.05, 0) is 43.0 Å². The Bertz CT molecular complexity index is 375. The average molecular weight is 302 g/mol. The van der Waals surface area contributed by atoms with Crippen molar-refractivity contribution in [2.75, 3.05) is 11.9 Å². The fourth-order valence-electron chi connectivity index (χ4n) is 1.52. The van der Waals surface area contributed by atoms with Crippen molar-refractivity contribution < 1.29 is 9.18 Å². The maximum Gasteiger partial charge on any atom is 0.251 e. The van der Waals surface area contributed by atoms with E-state index in [-0.39, 0.29) is 11.7 Å². The van der Waals surface area contributed by atoms with E-state index < -0.39 is 0 Å². The summed E-state index contributed by atoms with van der Waals surface area (Å²) in [5.41, 5.74) is 1.14. The van der Waals surface area contributed by atoms with Crippen LogP contribution in [0, 0.1) is 18.7 Å². The topological polar surface area (TPSA) is 29.1 Å². The number of rotatable bonds is 5. The number of hydrogen-bond donors (Lipinski definition) is 1. The summed E-state index contributed by atoms with van der Waals surface area (Å²) < 4.78 is 13.1. The Hall–Kier alpha value is -0.900. The van der Waals surface area contributed by atoms with Crippen molar-refractivity contribution in [2.24, 2.45) is 5.92 Å². The number of hydrogen-bond acceptors (Lipinski definition) is 1. The Morgan fingerprint density at radius 2 is 2.18 bits per heavy atom. The molecule has 0 aliphatic heterocycles. The molecule has 0 aromatic heterocycles. The lowest BCUT2D eigenvalue weighted by Crippen LogP contribution is -2.28. The van der Waals surface area contributed by atoms with Crippen LogP contribution in [0.5, 0.6) is 0 Å². The highest BCUT2D eigenvalue weighted by Gasteiger charge is 2.09. The summed E-state index contributed by atoms with van der Waals surface area (Å²) in [6.07, 6.45) is 1.00. The molecule has 1 atom stereocenters. The van der Waals surface area contributed by atoms with Crippen LogP contribution in [-0.4, -0.2) is 17.8 Å². The zero-order valence-corrected chi connectivity index (χ0v) is 11.7. The third-order valence-corrected chi connectivity index (χ3v) is 2.98. The summed E-state index contributed by atoms with van der Waals surface area (Å²) in [7, 11) is 0. The van der Waals surface area contributed by atoms with Gasteiger partial charge in [0.1, 0.15) is 5.82 Å². The molecule has 2 nitrogen and oxygen atoms in total. The van der Waals surface area contributed by atoms with Crippen LogP contribution >= 0.6 is 15.9 Å². The lowest BCUT2D eigenvalue weighted by atomic mass is 10.1. The van der Waals surface area contributed by atoms with Crippen LogP contribution in [0.2, 0.25) is 0 Å². The second kappa shape index (κ2) is 6.74. The number of carbonyl (C=O) groups excluding carboxylic acids is 1. The third-order valence-electron chi connectivity index (χ3n) is 2.52. The van der Waals surface area contributed by atoms with Crippen LogP contribution in [0.3, 0.4) is 0 Å². The lowest BCUT2D eigenvalue weighted by molar-refractivity contribution is 0.0947.